The first-order chi connectivity index (χ1) is 13.3. The summed E-state index contributed by atoms with van der Waals surface area (Å²) < 4.78 is 5.99. The average molecular weight is 397 g/mol. The number of likely N-dealkylation sites (N-methyl/N-ethyl adjacent to an activating group) is 1. The molecule has 0 saturated carbocycles. The molecule has 1 aliphatic heterocycles. The third-order valence-corrected chi connectivity index (χ3v) is 5.01. The lowest BCUT2D eigenvalue weighted by atomic mass is 10.1. The molecule has 144 valence electrons. The van der Waals surface area contributed by atoms with Gasteiger partial charge in [-0.15, -0.1) is 0 Å². The molecule has 0 aliphatic carbocycles. The van der Waals surface area contributed by atoms with E-state index in [2.05, 4.69) is 0 Å². The molecule has 0 bridgehead atoms. The third-order valence-electron chi connectivity index (χ3n) is 4.76. The highest BCUT2D eigenvalue weighted by atomic mass is 35.5. The monoisotopic (exact) mass is 396 g/mol. The molecule has 0 N–H and O–H groups in total. The van der Waals surface area contributed by atoms with Crippen molar-refractivity contribution in [1.29, 1.82) is 0 Å². The summed E-state index contributed by atoms with van der Waals surface area (Å²) in [4.78, 5) is 26.5. The van der Waals surface area contributed by atoms with Crippen molar-refractivity contribution in [2.45, 2.75) is 19.4 Å². The predicted octanol–water partition coefficient (Wildman–Crippen LogP) is 3.92. The fraction of sp³-hybridized carbons (Fsp3) is 0.286. The number of carbonyl (C=O) groups is 1. The quantitative estimate of drug-likeness (QED) is 0.671. The van der Waals surface area contributed by atoms with Gasteiger partial charge in [0.1, 0.15) is 5.75 Å². The highest BCUT2D eigenvalue weighted by molar-refractivity contribution is 6.30. The van der Waals surface area contributed by atoms with Crippen LogP contribution in [0.25, 0.3) is 11.0 Å². The largest absolute Gasteiger partial charge is 0.478 e. The molecule has 0 radical (unpaired) electrons. The molecular formula is C21H21ClN4O2. The Morgan fingerprint density at radius 1 is 1.00 bits per heavy atom. The lowest BCUT2D eigenvalue weighted by molar-refractivity contribution is -0.131. The second-order valence-corrected chi connectivity index (χ2v) is 7.74. The summed E-state index contributed by atoms with van der Waals surface area (Å²) in [7, 11) is 1.96. The molecule has 28 heavy (non-hydrogen) atoms. The Hall–Kier alpha value is -2.86. The van der Waals surface area contributed by atoms with Crippen LogP contribution in [-0.4, -0.2) is 41.6 Å². The Balaban J connectivity index is 1.69. The highest BCUT2D eigenvalue weighted by Gasteiger charge is 2.39. The first-order valence-corrected chi connectivity index (χ1v) is 9.47. The van der Waals surface area contributed by atoms with Crippen LogP contribution in [0.5, 0.6) is 5.75 Å². The Labute approximate surface area is 168 Å². The maximum absolute atomic E-state index is 13.4. The zero-order valence-corrected chi connectivity index (χ0v) is 16.8. The summed E-state index contributed by atoms with van der Waals surface area (Å²) >= 11 is 5.93. The van der Waals surface area contributed by atoms with E-state index in [1.807, 2.05) is 36.2 Å². The molecule has 6 nitrogen and oxygen atoms in total. The normalized spacial score (nSPS) is 14.1. The van der Waals surface area contributed by atoms with E-state index < -0.39 is 5.60 Å². The fourth-order valence-electron chi connectivity index (χ4n) is 3.24. The Bertz CT molecular complexity index is 1040. The van der Waals surface area contributed by atoms with E-state index >= 15 is 0 Å². The number of ether oxygens (including phenoxy) is 1. The van der Waals surface area contributed by atoms with Crippen molar-refractivity contribution in [3.8, 4) is 5.75 Å². The van der Waals surface area contributed by atoms with E-state index in [1.54, 1.807) is 43.0 Å². The van der Waals surface area contributed by atoms with Gasteiger partial charge in [-0.1, -0.05) is 23.7 Å². The van der Waals surface area contributed by atoms with Gasteiger partial charge in [0, 0.05) is 25.2 Å². The van der Waals surface area contributed by atoms with Gasteiger partial charge in [0.15, 0.2) is 17.2 Å². The maximum Gasteiger partial charge on any atom is 0.271 e. The lowest BCUT2D eigenvalue weighted by Gasteiger charge is -2.37. The minimum atomic E-state index is -1.08. The van der Waals surface area contributed by atoms with Gasteiger partial charge in [-0.25, -0.2) is 9.97 Å². The number of para-hydroxylation sites is 2. The SMILES string of the molecule is CN1CCN(C(=O)C(C)(C)Oc2ccc(Cl)cc2)c2nc3ccccc3nc21. The Kier molecular flexibility index (Phi) is 4.59. The van der Waals surface area contributed by atoms with Crippen LogP contribution in [-0.2, 0) is 4.79 Å². The molecule has 3 aromatic rings. The van der Waals surface area contributed by atoms with Crippen molar-refractivity contribution in [2.75, 3.05) is 29.9 Å². The van der Waals surface area contributed by atoms with Crippen molar-refractivity contribution < 1.29 is 9.53 Å². The third kappa shape index (κ3) is 3.36. The number of rotatable bonds is 3. The molecule has 1 aromatic heterocycles. The number of benzene rings is 2. The van der Waals surface area contributed by atoms with Crippen LogP contribution in [0.3, 0.4) is 0 Å². The van der Waals surface area contributed by atoms with Gasteiger partial charge in [0.05, 0.1) is 11.0 Å². The summed E-state index contributed by atoms with van der Waals surface area (Å²) in [6.07, 6.45) is 0. The topological polar surface area (TPSA) is 58.6 Å². The molecule has 0 spiro atoms. The molecule has 2 aromatic carbocycles. The molecule has 0 atom stereocenters. The van der Waals surface area contributed by atoms with Crippen LogP contribution in [0, 0.1) is 0 Å². The standard InChI is InChI=1S/C21H21ClN4O2/c1-21(2,28-15-10-8-14(22)9-11-15)20(27)26-13-12-25(3)18-19(26)24-17-7-5-4-6-16(17)23-18/h4-11H,12-13H2,1-3H3. The van der Waals surface area contributed by atoms with Crippen LogP contribution >= 0.6 is 11.6 Å². The van der Waals surface area contributed by atoms with Crippen molar-refractivity contribution in [1.82, 2.24) is 9.97 Å². The molecule has 0 saturated heterocycles. The van der Waals surface area contributed by atoms with Crippen molar-refractivity contribution >= 4 is 40.2 Å². The first-order valence-electron chi connectivity index (χ1n) is 9.09. The number of halogens is 1. The Morgan fingerprint density at radius 2 is 1.61 bits per heavy atom. The summed E-state index contributed by atoms with van der Waals surface area (Å²) in [5.41, 5.74) is 0.485. The minimum absolute atomic E-state index is 0.165. The van der Waals surface area contributed by atoms with Crippen molar-refractivity contribution in [2.24, 2.45) is 0 Å². The van der Waals surface area contributed by atoms with Crippen LogP contribution in [0.4, 0.5) is 11.6 Å². The van der Waals surface area contributed by atoms with E-state index in [-0.39, 0.29) is 5.91 Å². The van der Waals surface area contributed by atoms with E-state index in [4.69, 9.17) is 26.3 Å². The predicted molar refractivity (Wildman–Crippen MR) is 111 cm³/mol. The number of amides is 1. The minimum Gasteiger partial charge on any atom is -0.478 e. The molecule has 1 aliphatic rings. The zero-order chi connectivity index (χ0) is 19.9. The van der Waals surface area contributed by atoms with Crippen molar-refractivity contribution in [3.05, 3.63) is 53.6 Å². The molecule has 2 heterocycles. The number of fused-ring (bicyclic) bond motifs is 2. The lowest BCUT2D eigenvalue weighted by Crippen LogP contribution is -2.53. The molecule has 1 amide bonds. The smallest absolute Gasteiger partial charge is 0.271 e. The number of hydrogen-bond donors (Lipinski definition) is 0. The number of nitrogens with zero attached hydrogens (tertiary/aromatic N) is 4. The van der Waals surface area contributed by atoms with Crippen LogP contribution in [0.15, 0.2) is 48.5 Å². The first kappa shape index (κ1) is 18.5. The molecule has 0 fully saturated rings. The van der Waals surface area contributed by atoms with E-state index in [0.29, 0.717) is 35.5 Å². The van der Waals surface area contributed by atoms with Gasteiger partial charge in [0.25, 0.3) is 5.91 Å². The summed E-state index contributed by atoms with van der Waals surface area (Å²) in [6, 6.07) is 14.6. The van der Waals surface area contributed by atoms with Gasteiger partial charge in [-0.3, -0.25) is 9.69 Å². The molecule has 0 unspecified atom stereocenters. The summed E-state index contributed by atoms with van der Waals surface area (Å²) in [6.45, 7) is 4.71. The fourth-order valence-corrected chi connectivity index (χ4v) is 3.37. The molecule has 4 rings (SSSR count). The number of anilines is 2. The maximum atomic E-state index is 13.4. The molecule has 7 heteroatoms. The Morgan fingerprint density at radius 3 is 2.25 bits per heavy atom. The van der Waals surface area contributed by atoms with Gasteiger partial charge >= 0.3 is 0 Å². The van der Waals surface area contributed by atoms with Crippen LogP contribution in [0.1, 0.15) is 13.8 Å². The van der Waals surface area contributed by atoms with Crippen molar-refractivity contribution in [3.63, 3.8) is 0 Å². The second-order valence-electron chi connectivity index (χ2n) is 7.30. The number of carbonyl (C=O) groups excluding carboxylic acids is 1. The van der Waals surface area contributed by atoms with Crippen LogP contribution < -0.4 is 14.5 Å². The summed E-state index contributed by atoms with van der Waals surface area (Å²) in [5.74, 6) is 1.67. The summed E-state index contributed by atoms with van der Waals surface area (Å²) in [5, 5.41) is 0.617. The van der Waals surface area contributed by atoms with E-state index in [0.717, 1.165) is 11.0 Å². The molecular weight excluding hydrogens is 376 g/mol. The van der Waals surface area contributed by atoms with Gasteiger partial charge in [0.2, 0.25) is 0 Å². The van der Waals surface area contributed by atoms with Gasteiger partial charge in [-0.05, 0) is 50.2 Å². The van der Waals surface area contributed by atoms with Crippen LogP contribution in [0.2, 0.25) is 5.02 Å². The highest BCUT2D eigenvalue weighted by Crippen LogP contribution is 2.33. The average Bonchev–Trinajstić information content (AvgIpc) is 2.68. The number of aromatic nitrogens is 2. The van der Waals surface area contributed by atoms with Gasteiger partial charge < -0.3 is 9.64 Å². The van der Waals surface area contributed by atoms with Gasteiger partial charge in [-0.2, -0.15) is 0 Å². The zero-order valence-electron chi connectivity index (χ0n) is 16.0. The van der Waals surface area contributed by atoms with E-state index in [9.17, 15) is 4.79 Å². The van der Waals surface area contributed by atoms with E-state index in [1.165, 1.54) is 0 Å². The number of hydrogen-bond acceptors (Lipinski definition) is 5. The second kappa shape index (κ2) is 6.95.